The molecule has 23 heavy (non-hydrogen) atoms. The van der Waals surface area contributed by atoms with Crippen molar-refractivity contribution in [2.45, 2.75) is 51.0 Å². The Bertz CT molecular complexity index is 615. The van der Waals surface area contributed by atoms with E-state index in [4.69, 9.17) is 0 Å². The van der Waals surface area contributed by atoms with E-state index < -0.39 is 0 Å². The van der Waals surface area contributed by atoms with E-state index in [1.165, 1.54) is 25.7 Å². The molecule has 1 saturated carbocycles. The van der Waals surface area contributed by atoms with Crippen molar-refractivity contribution in [3.8, 4) is 5.69 Å². The van der Waals surface area contributed by atoms with E-state index in [2.05, 4.69) is 15.5 Å². The van der Waals surface area contributed by atoms with Gasteiger partial charge in [-0.3, -0.25) is 4.79 Å². The van der Waals surface area contributed by atoms with Gasteiger partial charge < -0.3 is 4.90 Å². The number of hydrogen-bond donors (Lipinski definition) is 0. The molecule has 0 atom stereocenters. The van der Waals surface area contributed by atoms with Gasteiger partial charge in [0.25, 0.3) is 0 Å². The van der Waals surface area contributed by atoms with Crippen molar-refractivity contribution in [2.75, 3.05) is 7.05 Å². The standard InChI is InChI=1S/C17H23N5O/c1-21(15-6-4-2-3-5-7-15)17(23)12-14-8-10-16(11-9-14)22-13-18-19-20-22/h8-11,13,15H,2-7,12H2,1H3. The van der Waals surface area contributed by atoms with Crippen LogP contribution in [0.25, 0.3) is 5.69 Å². The Kier molecular flexibility index (Phi) is 5.00. The van der Waals surface area contributed by atoms with E-state index in [0.717, 1.165) is 24.1 Å². The second-order valence-electron chi connectivity index (χ2n) is 6.25. The molecule has 0 bridgehead atoms. The molecule has 3 rings (SSSR count). The summed E-state index contributed by atoms with van der Waals surface area (Å²) in [5, 5.41) is 11.1. The van der Waals surface area contributed by atoms with Crippen LogP contribution < -0.4 is 0 Å². The molecule has 6 nitrogen and oxygen atoms in total. The molecular weight excluding hydrogens is 290 g/mol. The molecule has 0 unspecified atom stereocenters. The Morgan fingerprint density at radius 1 is 1.17 bits per heavy atom. The Morgan fingerprint density at radius 2 is 1.87 bits per heavy atom. The highest BCUT2D eigenvalue weighted by Crippen LogP contribution is 2.21. The SMILES string of the molecule is CN(C(=O)Cc1ccc(-n2cnnn2)cc1)C1CCCCCC1. The first-order chi connectivity index (χ1) is 11.2. The van der Waals surface area contributed by atoms with E-state index in [-0.39, 0.29) is 5.91 Å². The maximum Gasteiger partial charge on any atom is 0.226 e. The summed E-state index contributed by atoms with van der Waals surface area (Å²) >= 11 is 0. The number of hydrogen-bond acceptors (Lipinski definition) is 4. The van der Waals surface area contributed by atoms with Crippen molar-refractivity contribution in [1.29, 1.82) is 0 Å². The Balaban J connectivity index is 1.60. The van der Waals surface area contributed by atoms with Gasteiger partial charge in [-0.05, 0) is 41.0 Å². The molecule has 1 amide bonds. The maximum absolute atomic E-state index is 12.5. The van der Waals surface area contributed by atoms with E-state index in [1.54, 1.807) is 11.0 Å². The average Bonchev–Trinajstić information content (AvgIpc) is 2.97. The number of amides is 1. The smallest absolute Gasteiger partial charge is 0.226 e. The zero-order valence-electron chi connectivity index (χ0n) is 13.6. The quantitative estimate of drug-likeness (QED) is 0.813. The summed E-state index contributed by atoms with van der Waals surface area (Å²) in [6.45, 7) is 0. The fraction of sp³-hybridized carbons (Fsp3) is 0.529. The Morgan fingerprint density at radius 3 is 2.48 bits per heavy atom. The van der Waals surface area contributed by atoms with Crippen molar-refractivity contribution in [3.05, 3.63) is 36.2 Å². The summed E-state index contributed by atoms with van der Waals surface area (Å²) in [6.07, 6.45) is 9.37. The predicted octanol–water partition coefficient (Wildman–Crippen LogP) is 2.39. The summed E-state index contributed by atoms with van der Waals surface area (Å²) in [4.78, 5) is 14.5. The number of aromatic nitrogens is 4. The lowest BCUT2D eigenvalue weighted by atomic mass is 10.1. The van der Waals surface area contributed by atoms with Crippen LogP contribution >= 0.6 is 0 Å². The number of nitrogens with zero attached hydrogens (tertiary/aromatic N) is 5. The van der Waals surface area contributed by atoms with Crippen LogP contribution in [-0.4, -0.2) is 44.1 Å². The molecule has 6 heteroatoms. The number of benzene rings is 1. The van der Waals surface area contributed by atoms with Gasteiger partial charge in [0, 0.05) is 13.1 Å². The predicted molar refractivity (Wildman–Crippen MR) is 87.1 cm³/mol. The molecular formula is C17H23N5O. The molecule has 0 spiro atoms. The maximum atomic E-state index is 12.5. The van der Waals surface area contributed by atoms with Crippen LogP contribution in [0.15, 0.2) is 30.6 Å². The number of rotatable bonds is 4. The van der Waals surface area contributed by atoms with Crippen LogP contribution in [0.1, 0.15) is 44.1 Å². The van der Waals surface area contributed by atoms with Crippen LogP contribution in [0, 0.1) is 0 Å². The van der Waals surface area contributed by atoms with Gasteiger partial charge in [-0.2, -0.15) is 0 Å². The Labute approximate surface area is 136 Å². The molecule has 1 heterocycles. The van der Waals surface area contributed by atoms with E-state index >= 15 is 0 Å². The fourth-order valence-electron chi connectivity index (χ4n) is 3.19. The van der Waals surface area contributed by atoms with Crippen molar-refractivity contribution in [2.24, 2.45) is 0 Å². The third-order valence-corrected chi connectivity index (χ3v) is 4.67. The zero-order valence-corrected chi connectivity index (χ0v) is 13.6. The number of carbonyl (C=O) groups excluding carboxylic acids is 1. The molecule has 1 fully saturated rings. The van der Waals surface area contributed by atoms with E-state index in [1.807, 2.05) is 36.2 Å². The van der Waals surface area contributed by atoms with Crippen molar-refractivity contribution < 1.29 is 4.79 Å². The first-order valence-corrected chi connectivity index (χ1v) is 8.32. The van der Waals surface area contributed by atoms with Gasteiger partial charge in [0.05, 0.1) is 12.1 Å². The van der Waals surface area contributed by atoms with Crippen LogP contribution in [0.4, 0.5) is 0 Å². The van der Waals surface area contributed by atoms with Crippen LogP contribution in [0.2, 0.25) is 0 Å². The first kappa shape index (κ1) is 15.6. The second kappa shape index (κ2) is 7.35. The number of likely N-dealkylation sites (N-methyl/N-ethyl adjacent to an activating group) is 1. The average molecular weight is 313 g/mol. The molecule has 0 aliphatic heterocycles. The molecule has 2 aromatic rings. The normalized spacial score (nSPS) is 16.0. The van der Waals surface area contributed by atoms with E-state index in [0.29, 0.717) is 12.5 Å². The van der Waals surface area contributed by atoms with Gasteiger partial charge in [0.1, 0.15) is 6.33 Å². The van der Waals surface area contributed by atoms with Gasteiger partial charge in [0.15, 0.2) is 0 Å². The second-order valence-corrected chi connectivity index (χ2v) is 6.25. The van der Waals surface area contributed by atoms with Crippen molar-refractivity contribution in [3.63, 3.8) is 0 Å². The van der Waals surface area contributed by atoms with Gasteiger partial charge in [-0.15, -0.1) is 5.10 Å². The monoisotopic (exact) mass is 313 g/mol. The Hall–Kier alpha value is -2.24. The van der Waals surface area contributed by atoms with E-state index in [9.17, 15) is 4.79 Å². The minimum atomic E-state index is 0.201. The van der Waals surface area contributed by atoms with Gasteiger partial charge in [0.2, 0.25) is 5.91 Å². The van der Waals surface area contributed by atoms with Gasteiger partial charge >= 0.3 is 0 Å². The number of carbonyl (C=O) groups is 1. The minimum absolute atomic E-state index is 0.201. The lowest BCUT2D eigenvalue weighted by Gasteiger charge is -2.27. The molecule has 1 aromatic carbocycles. The zero-order chi connectivity index (χ0) is 16.1. The van der Waals surface area contributed by atoms with Gasteiger partial charge in [-0.1, -0.05) is 37.8 Å². The largest absolute Gasteiger partial charge is 0.342 e. The number of tetrazole rings is 1. The summed E-state index contributed by atoms with van der Waals surface area (Å²) in [7, 11) is 1.95. The van der Waals surface area contributed by atoms with Gasteiger partial charge in [-0.25, -0.2) is 4.68 Å². The van der Waals surface area contributed by atoms with Crippen LogP contribution in [-0.2, 0) is 11.2 Å². The topological polar surface area (TPSA) is 63.9 Å². The lowest BCUT2D eigenvalue weighted by Crippen LogP contribution is -2.37. The van der Waals surface area contributed by atoms with Crippen LogP contribution in [0.5, 0.6) is 0 Å². The summed E-state index contributed by atoms with van der Waals surface area (Å²) in [5.74, 6) is 0.201. The minimum Gasteiger partial charge on any atom is -0.342 e. The first-order valence-electron chi connectivity index (χ1n) is 8.32. The molecule has 1 aliphatic carbocycles. The highest BCUT2D eigenvalue weighted by molar-refractivity contribution is 5.78. The molecule has 0 N–H and O–H groups in total. The molecule has 122 valence electrons. The van der Waals surface area contributed by atoms with Crippen molar-refractivity contribution in [1.82, 2.24) is 25.1 Å². The summed E-state index contributed by atoms with van der Waals surface area (Å²) < 4.78 is 1.60. The lowest BCUT2D eigenvalue weighted by molar-refractivity contribution is -0.131. The third-order valence-electron chi connectivity index (χ3n) is 4.67. The van der Waals surface area contributed by atoms with Crippen LogP contribution in [0.3, 0.4) is 0 Å². The molecule has 0 radical (unpaired) electrons. The van der Waals surface area contributed by atoms with Crippen molar-refractivity contribution >= 4 is 5.91 Å². The molecule has 1 aromatic heterocycles. The summed E-state index contributed by atoms with van der Waals surface area (Å²) in [6, 6.07) is 8.21. The fourth-order valence-corrected chi connectivity index (χ4v) is 3.19. The molecule has 0 saturated heterocycles. The third kappa shape index (κ3) is 3.94. The highest BCUT2D eigenvalue weighted by atomic mass is 16.2. The highest BCUT2D eigenvalue weighted by Gasteiger charge is 2.21. The molecule has 1 aliphatic rings. The summed E-state index contributed by atoms with van der Waals surface area (Å²) in [5.41, 5.74) is 1.91.